The molecule has 0 bridgehead atoms. The molecule has 3 nitrogen and oxygen atoms in total. The van der Waals surface area contributed by atoms with Gasteiger partial charge >= 0.3 is 0 Å². The van der Waals surface area contributed by atoms with E-state index in [4.69, 9.17) is 5.73 Å². The normalized spacial score (nSPS) is 11.9. The number of nitrogens with two attached hydrogens (primary N) is 1. The van der Waals surface area contributed by atoms with Crippen LogP contribution < -0.4 is 5.73 Å². The molecule has 18 heavy (non-hydrogen) atoms. The number of amides is 1. The van der Waals surface area contributed by atoms with E-state index in [-0.39, 0.29) is 12.4 Å². The number of hydrogen-bond donors (Lipinski definition) is 1. The van der Waals surface area contributed by atoms with Crippen LogP contribution in [0, 0.1) is 6.92 Å². The van der Waals surface area contributed by atoms with Crippen LogP contribution in [0.2, 0.25) is 0 Å². The van der Waals surface area contributed by atoms with Crippen LogP contribution in [-0.4, -0.2) is 30.8 Å². The van der Waals surface area contributed by atoms with E-state index in [1.165, 1.54) is 7.05 Å². The van der Waals surface area contributed by atoms with Gasteiger partial charge in [0.05, 0.1) is 6.54 Å². The van der Waals surface area contributed by atoms with E-state index in [0.29, 0.717) is 5.56 Å². The van der Waals surface area contributed by atoms with Crippen LogP contribution in [0.3, 0.4) is 0 Å². The predicted octanol–water partition coefficient (Wildman–Crippen LogP) is 2.14. The lowest BCUT2D eigenvalue weighted by molar-refractivity contribution is -0.133. The minimum atomic E-state index is -2.55. The SMILES string of the molecule is Cc1ccc(C(N)C(=O)N(C)CC(F)F)cc1.Cl. The molecule has 0 heterocycles. The van der Waals surface area contributed by atoms with Crippen LogP contribution >= 0.6 is 12.4 Å². The summed E-state index contributed by atoms with van der Waals surface area (Å²) in [5, 5.41) is 0. The number of alkyl halides is 2. The monoisotopic (exact) mass is 278 g/mol. The van der Waals surface area contributed by atoms with E-state index in [1.54, 1.807) is 12.1 Å². The lowest BCUT2D eigenvalue weighted by Crippen LogP contribution is -2.38. The summed E-state index contributed by atoms with van der Waals surface area (Å²) in [5.41, 5.74) is 7.41. The molecule has 0 radical (unpaired) electrons. The Kier molecular flexibility index (Phi) is 6.80. The summed E-state index contributed by atoms with van der Waals surface area (Å²) in [6, 6.07) is 6.23. The molecule has 2 N–H and O–H groups in total. The van der Waals surface area contributed by atoms with E-state index in [1.807, 2.05) is 19.1 Å². The molecule has 0 aromatic heterocycles. The number of hydrogen-bond acceptors (Lipinski definition) is 2. The number of rotatable bonds is 4. The largest absolute Gasteiger partial charge is 0.338 e. The van der Waals surface area contributed by atoms with Gasteiger partial charge in [0, 0.05) is 7.05 Å². The van der Waals surface area contributed by atoms with Crippen LogP contribution in [0.5, 0.6) is 0 Å². The third kappa shape index (κ3) is 4.58. The summed E-state index contributed by atoms with van der Waals surface area (Å²) in [7, 11) is 1.32. The minimum absolute atomic E-state index is 0. The van der Waals surface area contributed by atoms with Gasteiger partial charge in [0.25, 0.3) is 6.43 Å². The highest BCUT2D eigenvalue weighted by Crippen LogP contribution is 2.14. The first-order valence-corrected chi connectivity index (χ1v) is 5.27. The van der Waals surface area contributed by atoms with Gasteiger partial charge in [-0.3, -0.25) is 4.79 Å². The Labute approximate surface area is 111 Å². The highest BCUT2D eigenvalue weighted by atomic mass is 35.5. The van der Waals surface area contributed by atoms with Gasteiger partial charge in [0.15, 0.2) is 0 Å². The second kappa shape index (κ2) is 7.28. The number of benzene rings is 1. The zero-order chi connectivity index (χ0) is 13.0. The lowest BCUT2D eigenvalue weighted by Gasteiger charge is -2.21. The first kappa shape index (κ1) is 16.8. The van der Waals surface area contributed by atoms with Crippen molar-refractivity contribution in [1.29, 1.82) is 0 Å². The summed E-state index contributed by atoms with van der Waals surface area (Å²) < 4.78 is 24.3. The molecule has 102 valence electrons. The van der Waals surface area contributed by atoms with Crippen molar-refractivity contribution in [2.45, 2.75) is 19.4 Å². The molecule has 0 aliphatic rings. The molecule has 1 rings (SSSR count). The van der Waals surface area contributed by atoms with Crippen LogP contribution in [-0.2, 0) is 4.79 Å². The Balaban J connectivity index is 0.00000289. The molecule has 0 fully saturated rings. The zero-order valence-corrected chi connectivity index (χ0v) is 11.1. The Hall–Kier alpha value is -1.20. The fourth-order valence-corrected chi connectivity index (χ4v) is 1.45. The number of likely N-dealkylation sites (N-methyl/N-ethyl adjacent to an activating group) is 1. The Morgan fingerprint density at radius 3 is 2.28 bits per heavy atom. The smallest absolute Gasteiger partial charge is 0.255 e. The standard InChI is InChI=1S/C12H16F2N2O.ClH/c1-8-3-5-9(6-4-8)11(15)12(17)16(2)7-10(13)14;/h3-6,10-11H,7,15H2,1-2H3;1H. The first-order chi connectivity index (χ1) is 7.91. The van der Waals surface area contributed by atoms with Crippen molar-refractivity contribution in [2.24, 2.45) is 5.73 Å². The van der Waals surface area contributed by atoms with Crippen molar-refractivity contribution in [2.75, 3.05) is 13.6 Å². The molecular formula is C12H17ClF2N2O. The van der Waals surface area contributed by atoms with Crippen LogP contribution in [0.15, 0.2) is 24.3 Å². The van der Waals surface area contributed by atoms with Crippen molar-refractivity contribution in [3.8, 4) is 0 Å². The number of carbonyl (C=O) groups is 1. The van der Waals surface area contributed by atoms with Crippen molar-refractivity contribution < 1.29 is 13.6 Å². The maximum absolute atomic E-state index is 12.1. The molecule has 0 aliphatic carbocycles. The highest BCUT2D eigenvalue weighted by molar-refractivity contribution is 5.85. The molecule has 6 heteroatoms. The fraction of sp³-hybridized carbons (Fsp3) is 0.417. The van der Waals surface area contributed by atoms with E-state index in [0.717, 1.165) is 10.5 Å². The molecule has 0 aliphatic heterocycles. The van der Waals surface area contributed by atoms with E-state index < -0.39 is 24.9 Å². The van der Waals surface area contributed by atoms with Gasteiger partial charge in [0.1, 0.15) is 6.04 Å². The van der Waals surface area contributed by atoms with Crippen LogP contribution in [0.4, 0.5) is 8.78 Å². The van der Waals surface area contributed by atoms with Crippen molar-refractivity contribution in [1.82, 2.24) is 4.90 Å². The average molecular weight is 279 g/mol. The van der Waals surface area contributed by atoms with E-state index in [2.05, 4.69) is 0 Å². The Morgan fingerprint density at radius 2 is 1.83 bits per heavy atom. The van der Waals surface area contributed by atoms with Gasteiger partial charge in [-0.15, -0.1) is 12.4 Å². The second-order valence-corrected chi connectivity index (χ2v) is 4.00. The average Bonchev–Trinajstić information content (AvgIpc) is 2.27. The Morgan fingerprint density at radius 1 is 1.33 bits per heavy atom. The van der Waals surface area contributed by atoms with Gasteiger partial charge in [-0.2, -0.15) is 0 Å². The maximum atomic E-state index is 12.1. The maximum Gasteiger partial charge on any atom is 0.255 e. The summed E-state index contributed by atoms with van der Waals surface area (Å²) in [6.45, 7) is 1.32. The molecule has 1 amide bonds. The summed E-state index contributed by atoms with van der Waals surface area (Å²) >= 11 is 0. The van der Waals surface area contributed by atoms with Crippen molar-refractivity contribution in [3.05, 3.63) is 35.4 Å². The van der Waals surface area contributed by atoms with Crippen LogP contribution in [0.1, 0.15) is 17.2 Å². The Bertz CT molecular complexity index is 384. The topological polar surface area (TPSA) is 46.3 Å². The molecule has 0 saturated carbocycles. The second-order valence-electron chi connectivity index (χ2n) is 4.00. The van der Waals surface area contributed by atoms with Gasteiger partial charge < -0.3 is 10.6 Å². The van der Waals surface area contributed by atoms with E-state index >= 15 is 0 Å². The summed E-state index contributed by atoms with van der Waals surface area (Å²) in [6.07, 6.45) is -2.55. The van der Waals surface area contributed by atoms with Crippen molar-refractivity contribution in [3.63, 3.8) is 0 Å². The molecule has 1 atom stereocenters. The fourth-order valence-electron chi connectivity index (χ4n) is 1.45. The number of halogens is 3. The predicted molar refractivity (Wildman–Crippen MR) is 69.0 cm³/mol. The number of nitrogens with zero attached hydrogens (tertiary/aromatic N) is 1. The van der Waals surface area contributed by atoms with Crippen molar-refractivity contribution >= 4 is 18.3 Å². The first-order valence-electron chi connectivity index (χ1n) is 5.27. The molecule has 1 unspecified atom stereocenters. The molecule has 1 aromatic rings. The van der Waals surface area contributed by atoms with Gasteiger partial charge in [0.2, 0.25) is 5.91 Å². The van der Waals surface area contributed by atoms with Gasteiger partial charge in [-0.25, -0.2) is 8.78 Å². The molecule has 0 spiro atoms. The third-order valence-corrected chi connectivity index (χ3v) is 2.49. The minimum Gasteiger partial charge on any atom is -0.338 e. The summed E-state index contributed by atoms with van der Waals surface area (Å²) in [4.78, 5) is 12.7. The zero-order valence-electron chi connectivity index (χ0n) is 10.3. The van der Waals surface area contributed by atoms with Crippen LogP contribution in [0.25, 0.3) is 0 Å². The number of aryl methyl sites for hydroxylation is 1. The highest BCUT2D eigenvalue weighted by Gasteiger charge is 2.21. The third-order valence-electron chi connectivity index (χ3n) is 2.49. The summed E-state index contributed by atoms with van der Waals surface area (Å²) in [5.74, 6) is -0.505. The molecule has 1 aromatic carbocycles. The molecule has 0 saturated heterocycles. The van der Waals surface area contributed by atoms with E-state index in [9.17, 15) is 13.6 Å². The quantitative estimate of drug-likeness (QED) is 0.917. The molecular weight excluding hydrogens is 262 g/mol. The van der Waals surface area contributed by atoms with Gasteiger partial charge in [-0.05, 0) is 12.5 Å². The van der Waals surface area contributed by atoms with Gasteiger partial charge in [-0.1, -0.05) is 29.8 Å². The number of carbonyl (C=O) groups excluding carboxylic acids is 1. The lowest BCUT2D eigenvalue weighted by atomic mass is 10.1.